The fourth-order valence-electron chi connectivity index (χ4n) is 2.13. The van der Waals surface area contributed by atoms with E-state index in [9.17, 15) is 0 Å². The molecule has 1 heterocycles. The maximum atomic E-state index is 6.20. The van der Waals surface area contributed by atoms with Gasteiger partial charge in [0, 0.05) is 25.3 Å². The molecule has 0 amide bonds. The summed E-state index contributed by atoms with van der Waals surface area (Å²) in [6.07, 6.45) is 0. The van der Waals surface area contributed by atoms with Crippen molar-refractivity contribution in [1.82, 2.24) is 10.6 Å². The lowest BCUT2D eigenvalue weighted by Gasteiger charge is -2.09. The second-order valence-corrected chi connectivity index (χ2v) is 5.23. The molecule has 1 aliphatic rings. The Morgan fingerprint density at radius 1 is 1.05 bits per heavy atom. The van der Waals surface area contributed by atoms with Crippen LogP contribution in [0.3, 0.4) is 0 Å². The highest BCUT2D eigenvalue weighted by molar-refractivity contribution is 6.33. The van der Waals surface area contributed by atoms with Crippen molar-refractivity contribution < 1.29 is 0 Å². The third kappa shape index (κ3) is 3.67. The number of guanidine groups is 1. The normalized spacial score (nSPS) is 13.5. The molecule has 0 atom stereocenters. The van der Waals surface area contributed by atoms with Gasteiger partial charge in [0.1, 0.15) is 0 Å². The molecule has 4 nitrogen and oxygen atoms in total. The van der Waals surface area contributed by atoms with Gasteiger partial charge < -0.3 is 16.0 Å². The van der Waals surface area contributed by atoms with Crippen LogP contribution < -0.4 is 16.0 Å². The monoisotopic (exact) mass is 300 g/mol. The summed E-state index contributed by atoms with van der Waals surface area (Å²) in [7, 11) is 0. The first-order valence-corrected chi connectivity index (χ1v) is 7.33. The van der Waals surface area contributed by atoms with Crippen LogP contribution in [0.1, 0.15) is 5.56 Å². The van der Waals surface area contributed by atoms with Crippen LogP contribution in [0.4, 0.5) is 11.4 Å². The summed E-state index contributed by atoms with van der Waals surface area (Å²) in [6, 6.07) is 16.1. The summed E-state index contributed by atoms with van der Waals surface area (Å²) < 4.78 is 0. The van der Waals surface area contributed by atoms with Gasteiger partial charge in [0.05, 0.1) is 10.7 Å². The van der Waals surface area contributed by atoms with E-state index in [0.717, 1.165) is 37.0 Å². The Hall–Kier alpha value is -2.20. The Balaban J connectivity index is 1.73. The molecule has 0 bridgehead atoms. The maximum absolute atomic E-state index is 6.20. The van der Waals surface area contributed by atoms with E-state index in [4.69, 9.17) is 11.6 Å². The largest absolute Gasteiger partial charge is 0.381 e. The number of hydrogen-bond donors (Lipinski definition) is 3. The lowest BCUT2D eigenvalue weighted by Crippen LogP contribution is -2.23. The summed E-state index contributed by atoms with van der Waals surface area (Å²) in [5, 5.41) is 10.4. The third-order valence-corrected chi connectivity index (χ3v) is 3.55. The molecule has 0 radical (unpaired) electrons. The molecule has 21 heavy (non-hydrogen) atoms. The summed E-state index contributed by atoms with van der Waals surface area (Å²) in [4.78, 5) is 4.50. The molecule has 0 aliphatic carbocycles. The zero-order valence-corrected chi connectivity index (χ0v) is 12.3. The molecule has 5 heteroatoms. The predicted octanol–water partition coefficient (Wildman–Crippen LogP) is 3.13. The first kappa shape index (κ1) is 13.8. The van der Waals surface area contributed by atoms with Gasteiger partial charge in [0.2, 0.25) is 0 Å². The van der Waals surface area contributed by atoms with E-state index >= 15 is 0 Å². The topological polar surface area (TPSA) is 48.5 Å². The van der Waals surface area contributed by atoms with Gasteiger partial charge in [-0.3, -0.25) is 0 Å². The van der Waals surface area contributed by atoms with E-state index in [1.165, 1.54) is 5.56 Å². The zero-order valence-electron chi connectivity index (χ0n) is 11.6. The van der Waals surface area contributed by atoms with Crippen molar-refractivity contribution in [3.05, 3.63) is 59.1 Å². The van der Waals surface area contributed by atoms with E-state index in [2.05, 4.69) is 33.1 Å². The maximum Gasteiger partial charge on any atom is 0.196 e. The molecule has 3 rings (SSSR count). The molecule has 0 spiro atoms. The standard InChI is InChI=1S/C16H17ClN4/c17-14-7-6-13(20-11-12-4-2-1-3-5-12)10-15(14)21-16-18-8-9-19-16/h1-7,10,20H,8-9,11H2,(H2,18,19,21). The van der Waals surface area contributed by atoms with Crippen molar-refractivity contribution in [3.8, 4) is 0 Å². The average molecular weight is 301 g/mol. The van der Waals surface area contributed by atoms with Crippen LogP contribution >= 0.6 is 11.6 Å². The highest BCUT2D eigenvalue weighted by Crippen LogP contribution is 2.28. The number of aliphatic imine (C=N–C) groups is 1. The van der Waals surface area contributed by atoms with Crippen molar-refractivity contribution in [2.24, 2.45) is 4.99 Å². The Bertz CT molecular complexity index is 632. The lowest BCUT2D eigenvalue weighted by molar-refractivity contribution is 0.942. The number of nitrogens with one attached hydrogen (secondary N) is 3. The van der Waals surface area contributed by atoms with Crippen molar-refractivity contribution in [3.63, 3.8) is 0 Å². The fourth-order valence-corrected chi connectivity index (χ4v) is 2.29. The van der Waals surface area contributed by atoms with Crippen molar-refractivity contribution >= 4 is 28.9 Å². The zero-order chi connectivity index (χ0) is 14.5. The van der Waals surface area contributed by atoms with Gasteiger partial charge in [-0.2, -0.15) is 0 Å². The van der Waals surface area contributed by atoms with Gasteiger partial charge in [0.15, 0.2) is 5.96 Å². The second-order valence-electron chi connectivity index (χ2n) is 4.82. The van der Waals surface area contributed by atoms with Crippen LogP contribution in [0.5, 0.6) is 0 Å². The average Bonchev–Trinajstić information content (AvgIpc) is 3.02. The van der Waals surface area contributed by atoms with Crippen LogP contribution in [0.2, 0.25) is 5.02 Å². The minimum Gasteiger partial charge on any atom is -0.381 e. The number of benzene rings is 2. The van der Waals surface area contributed by atoms with Gasteiger partial charge in [0.25, 0.3) is 0 Å². The van der Waals surface area contributed by atoms with Crippen molar-refractivity contribution in [1.29, 1.82) is 0 Å². The van der Waals surface area contributed by atoms with Gasteiger partial charge >= 0.3 is 0 Å². The Morgan fingerprint density at radius 3 is 2.57 bits per heavy atom. The van der Waals surface area contributed by atoms with Gasteiger partial charge in [-0.05, 0) is 23.8 Å². The molecule has 1 aliphatic heterocycles. The minimum atomic E-state index is 0.642. The molecule has 0 unspecified atom stereocenters. The number of nitrogens with zero attached hydrogens (tertiary/aromatic N) is 1. The smallest absolute Gasteiger partial charge is 0.196 e. The van der Waals surface area contributed by atoms with Crippen LogP contribution in [0, 0.1) is 0 Å². The van der Waals surface area contributed by atoms with Crippen molar-refractivity contribution in [2.45, 2.75) is 6.54 Å². The number of rotatable bonds is 4. The van der Waals surface area contributed by atoms with E-state index in [-0.39, 0.29) is 0 Å². The fraction of sp³-hybridized carbons (Fsp3) is 0.188. The molecule has 0 aromatic heterocycles. The quantitative estimate of drug-likeness (QED) is 0.813. The molecule has 2 aromatic carbocycles. The van der Waals surface area contributed by atoms with E-state index in [0.29, 0.717) is 5.02 Å². The van der Waals surface area contributed by atoms with E-state index < -0.39 is 0 Å². The Morgan fingerprint density at radius 2 is 1.81 bits per heavy atom. The summed E-state index contributed by atoms with van der Waals surface area (Å²) in [5.74, 6) is 0.775. The molecular formula is C16H17ClN4. The molecule has 108 valence electrons. The van der Waals surface area contributed by atoms with Crippen molar-refractivity contribution in [2.75, 3.05) is 18.4 Å². The van der Waals surface area contributed by atoms with Crippen LogP contribution in [0.15, 0.2) is 53.5 Å². The van der Waals surface area contributed by atoms with Crippen LogP contribution in [-0.2, 0) is 6.54 Å². The second kappa shape index (κ2) is 6.50. The summed E-state index contributed by atoms with van der Waals surface area (Å²) >= 11 is 6.20. The van der Waals surface area contributed by atoms with E-state index in [1.807, 2.05) is 36.4 Å². The molecule has 2 aromatic rings. The molecule has 1 saturated heterocycles. The summed E-state index contributed by atoms with van der Waals surface area (Å²) in [6.45, 7) is 2.56. The molecule has 1 fully saturated rings. The first-order chi connectivity index (χ1) is 10.3. The van der Waals surface area contributed by atoms with Gasteiger partial charge in [-0.15, -0.1) is 0 Å². The molecule has 3 N–H and O–H groups in total. The van der Waals surface area contributed by atoms with Gasteiger partial charge in [-0.1, -0.05) is 41.9 Å². The lowest BCUT2D eigenvalue weighted by atomic mass is 10.2. The number of anilines is 1. The highest BCUT2D eigenvalue weighted by atomic mass is 35.5. The highest BCUT2D eigenvalue weighted by Gasteiger charge is 2.07. The Kier molecular flexibility index (Phi) is 4.26. The first-order valence-electron chi connectivity index (χ1n) is 6.95. The Labute approximate surface area is 129 Å². The third-order valence-electron chi connectivity index (χ3n) is 3.23. The molecular weight excluding hydrogens is 284 g/mol. The molecule has 0 saturated carbocycles. The predicted molar refractivity (Wildman–Crippen MR) is 88.3 cm³/mol. The SMILES string of the molecule is Clc1ccc(NCc2ccccc2)cc1N=C1NCCN1. The number of halogens is 1. The number of hydrogen-bond acceptors (Lipinski definition) is 2. The van der Waals surface area contributed by atoms with Gasteiger partial charge in [-0.25, -0.2) is 4.99 Å². The van der Waals surface area contributed by atoms with Crippen LogP contribution in [-0.4, -0.2) is 19.0 Å². The van der Waals surface area contributed by atoms with E-state index in [1.54, 1.807) is 0 Å². The minimum absolute atomic E-state index is 0.642. The van der Waals surface area contributed by atoms with Crippen LogP contribution in [0.25, 0.3) is 0 Å². The summed E-state index contributed by atoms with van der Waals surface area (Å²) in [5.41, 5.74) is 2.99.